The molecule has 0 spiro atoms. The third-order valence-corrected chi connectivity index (χ3v) is 6.37. The number of anilines is 2. The SMILES string of the molecule is C=CCn1c(=O)c2cnc(Nc3ccc4c(c3)CCNC4)nc2n1-c1cccc(C(C)(C)CO)n1. The molecule has 0 saturated carbocycles. The number of allylic oxidation sites excluding steroid dienone is 1. The molecule has 0 bridgehead atoms. The lowest BCUT2D eigenvalue weighted by atomic mass is 9.90. The maximum atomic E-state index is 13.2. The minimum atomic E-state index is -0.536. The summed E-state index contributed by atoms with van der Waals surface area (Å²) in [5, 5.41) is 16.9. The first kappa shape index (κ1) is 22.9. The van der Waals surface area contributed by atoms with Crippen LogP contribution in [-0.4, -0.2) is 42.6 Å². The van der Waals surface area contributed by atoms with Gasteiger partial charge in [0.15, 0.2) is 11.5 Å². The Kier molecular flexibility index (Phi) is 5.96. The molecule has 1 aromatic carbocycles. The zero-order chi connectivity index (χ0) is 24.6. The van der Waals surface area contributed by atoms with Crippen molar-refractivity contribution in [3.63, 3.8) is 0 Å². The lowest BCUT2D eigenvalue weighted by Gasteiger charge is -2.22. The van der Waals surface area contributed by atoms with Gasteiger partial charge in [0.1, 0.15) is 5.39 Å². The Balaban J connectivity index is 1.61. The molecule has 5 rings (SSSR count). The summed E-state index contributed by atoms with van der Waals surface area (Å²) in [6.07, 6.45) is 4.18. The van der Waals surface area contributed by atoms with Crippen LogP contribution >= 0.6 is 0 Å². The maximum absolute atomic E-state index is 13.2. The molecule has 0 aliphatic carbocycles. The fourth-order valence-corrected chi connectivity index (χ4v) is 4.29. The van der Waals surface area contributed by atoms with Crippen LogP contribution in [-0.2, 0) is 24.9 Å². The molecule has 0 unspecified atom stereocenters. The van der Waals surface area contributed by atoms with Gasteiger partial charge in [-0.25, -0.2) is 19.3 Å². The molecule has 1 aliphatic rings. The highest BCUT2D eigenvalue weighted by atomic mass is 16.3. The zero-order valence-corrected chi connectivity index (χ0v) is 20.0. The van der Waals surface area contributed by atoms with E-state index in [-0.39, 0.29) is 18.7 Å². The average molecular weight is 472 g/mol. The summed E-state index contributed by atoms with van der Waals surface area (Å²) in [6, 6.07) is 11.8. The van der Waals surface area contributed by atoms with Gasteiger partial charge in [-0.15, -0.1) is 6.58 Å². The van der Waals surface area contributed by atoms with Gasteiger partial charge in [0.25, 0.3) is 5.56 Å². The number of pyridine rings is 1. The first-order chi connectivity index (χ1) is 16.9. The number of fused-ring (bicyclic) bond motifs is 2. The third-order valence-electron chi connectivity index (χ3n) is 6.37. The van der Waals surface area contributed by atoms with Crippen molar-refractivity contribution >= 4 is 22.7 Å². The van der Waals surface area contributed by atoms with Crippen molar-refractivity contribution in [1.82, 2.24) is 29.6 Å². The second kappa shape index (κ2) is 9.09. The zero-order valence-electron chi connectivity index (χ0n) is 20.0. The highest BCUT2D eigenvalue weighted by molar-refractivity contribution is 5.77. The van der Waals surface area contributed by atoms with Crippen molar-refractivity contribution < 1.29 is 5.11 Å². The molecule has 180 valence electrons. The Bertz CT molecular complexity index is 1470. The Morgan fingerprint density at radius 3 is 2.89 bits per heavy atom. The predicted octanol–water partition coefficient (Wildman–Crippen LogP) is 2.82. The number of aliphatic hydroxyl groups is 1. The van der Waals surface area contributed by atoms with Crippen LogP contribution in [0.3, 0.4) is 0 Å². The molecule has 0 atom stereocenters. The summed E-state index contributed by atoms with van der Waals surface area (Å²) in [7, 11) is 0. The van der Waals surface area contributed by atoms with Crippen LogP contribution in [0.25, 0.3) is 16.9 Å². The number of hydrogen-bond acceptors (Lipinski definition) is 7. The number of benzene rings is 1. The summed E-state index contributed by atoms with van der Waals surface area (Å²) in [6.45, 7) is 9.71. The Hall–Kier alpha value is -3.82. The predicted molar refractivity (Wildman–Crippen MR) is 136 cm³/mol. The molecule has 1 aliphatic heterocycles. The number of aliphatic hydroxyl groups excluding tert-OH is 1. The van der Waals surface area contributed by atoms with Gasteiger partial charge in [-0.1, -0.05) is 32.1 Å². The van der Waals surface area contributed by atoms with E-state index in [1.807, 2.05) is 38.1 Å². The lowest BCUT2D eigenvalue weighted by Crippen LogP contribution is -2.26. The molecule has 0 amide bonds. The van der Waals surface area contributed by atoms with E-state index in [1.54, 1.807) is 21.6 Å². The first-order valence-electron chi connectivity index (χ1n) is 11.7. The highest BCUT2D eigenvalue weighted by Crippen LogP contribution is 2.24. The molecule has 9 heteroatoms. The summed E-state index contributed by atoms with van der Waals surface area (Å²) >= 11 is 0. The van der Waals surface area contributed by atoms with Crippen molar-refractivity contribution in [3.05, 3.63) is 82.4 Å². The number of nitrogens with zero attached hydrogens (tertiary/aromatic N) is 5. The quantitative estimate of drug-likeness (QED) is 0.356. The minimum Gasteiger partial charge on any atom is -0.395 e. The minimum absolute atomic E-state index is 0.0532. The largest absolute Gasteiger partial charge is 0.395 e. The monoisotopic (exact) mass is 471 g/mol. The van der Waals surface area contributed by atoms with E-state index >= 15 is 0 Å². The Labute approximate surface area is 203 Å². The van der Waals surface area contributed by atoms with E-state index in [0.29, 0.717) is 28.5 Å². The fourth-order valence-electron chi connectivity index (χ4n) is 4.29. The molecule has 4 heterocycles. The number of aromatic nitrogens is 5. The van der Waals surface area contributed by atoms with E-state index in [1.165, 1.54) is 11.1 Å². The molecule has 0 saturated heterocycles. The van der Waals surface area contributed by atoms with Gasteiger partial charge in [0.05, 0.1) is 18.8 Å². The van der Waals surface area contributed by atoms with Crippen LogP contribution in [0.1, 0.15) is 30.7 Å². The van der Waals surface area contributed by atoms with Crippen LogP contribution < -0.4 is 16.2 Å². The normalized spacial score (nSPS) is 13.6. The standard InChI is InChI=1S/C26H29N7O2/c1-4-12-32-24(35)20-15-28-25(29-19-9-8-18-14-27-11-10-17(18)13-19)31-23(20)33(32)22-7-5-6-21(30-22)26(2,3)16-34/h4-9,13,15,27,34H,1,10-12,14,16H2,2-3H3,(H,28,29,31). The smallest absolute Gasteiger partial charge is 0.278 e. The van der Waals surface area contributed by atoms with E-state index in [2.05, 4.69) is 34.3 Å². The number of hydrogen-bond donors (Lipinski definition) is 3. The van der Waals surface area contributed by atoms with E-state index in [0.717, 1.165) is 25.2 Å². The lowest BCUT2D eigenvalue weighted by molar-refractivity contribution is 0.215. The van der Waals surface area contributed by atoms with Gasteiger partial charge in [-0.3, -0.25) is 4.79 Å². The second-order valence-electron chi connectivity index (χ2n) is 9.38. The molecule has 35 heavy (non-hydrogen) atoms. The van der Waals surface area contributed by atoms with Gasteiger partial charge >= 0.3 is 0 Å². The molecule has 9 nitrogen and oxygen atoms in total. The number of nitrogens with one attached hydrogen (secondary N) is 2. The fraction of sp³-hybridized carbons (Fsp3) is 0.308. The molecule has 0 fully saturated rings. The molecule has 3 aromatic heterocycles. The van der Waals surface area contributed by atoms with Crippen LogP contribution in [0.4, 0.5) is 11.6 Å². The van der Waals surface area contributed by atoms with Crippen LogP contribution in [0.5, 0.6) is 0 Å². The van der Waals surface area contributed by atoms with Gasteiger partial charge in [0.2, 0.25) is 5.95 Å². The van der Waals surface area contributed by atoms with Crippen molar-refractivity contribution in [2.24, 2.45) is 0 Å². The Morgan fingerprint density at radius 2 is 2.09 bits per heavy atom. The van der Waals surface area contributed by atoms with Crippen LogP contribution in [0.2, 0.25) is 0 Å². The van der Waals surface area contributed by atoms with Crippen molar-refractivity contribution in [2.75, 3.05) is 18.5 Å². The second-order valence-corrected chi connectivity index (χ2v) is 9.38. The Morgan fingerprint density at radius 1 is 1.23 bits per heavy atom. The molecular weight excluding hydrogens is 442 g/mol. The topological polar surface area (TPSA) is 110 Å². The van der Waals surface area contributed by atoms with Crippen molar-refractivity contribution in [2.45, 2.75) is 38.8 Å². The average Bonchev–Trinajstić information content (AvgIpc) is 3.15. The maximum Gasteiger partial charge on any atom is 0.278 e. The summed E-state index contributed by atoms with van der Waals surface area (Å²) < 4.78 is 3.24. The first-order valence-corrected chi connectivity index (χ1v) is 11.7. The van der Waals surface area contributed by atoms with E-state index < -0.39 is 5.41 Å². The van der Waals surface area contributed by atoms with Crippen molar-refractivity contribution in [3.8, 4) is 5.82 Å². The van der Waals surface area contributed by atoms with Gasteiger partial charge in [0, 0.05) is 23.8 Å². The van der Waals surface area contributed by atoms with Gasteiger partial charge in [-0.2, -0.15) is 4.98 Å². The summed E-state index contributed by atoms with van der Waals surface area (Å²) in [4.78, 5) is 27.1. The number of rotatable bonds is 7. The van der Waals surface area contributed by atoms with E-state index in [9.17, 15) is 9.90 Å². The third kappa shape index (κ3) is 4.24. The summed E-state index contributed by atoms with van der Waals surface area (Å²) in [5.41, 5.74) is 3.90. The molecule has 3 N–H and O–H groups in total. The van der Waals surface area contributed by atoms with Gasteiger partial charge in [-0.05, 0) is 48.4 Å². The molecule has 4 aromatic rings. The summed E-state index contributed by atoms with van der Waals surface area (Å²) in [5.74, 6) is 0.923. The van der Waals surface area contributed by atoms with Gasteiger partial charge < -0.3 is 15.7 Å². The highest BCUT2D eigenvalue weighted by Gasteiger charge is 2.23. The van der Waals surface area contributed by atoms with Crippen LogP contribution in [0, 0.1) is 0 Å². The molecule has 0 radical (unpaired) electrons. The molecular formula is C26H29N7O2. The van der Waals surface area contributed by atoms with Crippen LogP contribution in [0.15, 0.2) is 60.0 Å². The van der Waals surface area contributed by atoms with E-state index in [4.69, 9.17) is 9.97 Å². The van der Waals surface area contributed by atoms with Crippen molar-refractivity contribution in [1.29, 1.82) is 0 Å².